The molecular formula is C26H19ClN6OS. The molecule has 35 heavy (non-hydrogen) atoms. The van der Waals surface area contributed by atoms with Crippen LogP contribution < -0.4 is 16.0 Å². The topological polar surface area (TPSA) is 91.8 Å². The number of hydrogen-bond donors (Lipinski definition) is 3. The molecule has 2 heterocycles. The predicted octanol–water partition coefficient (Wildman–Crippen LogP) is 7.31. The highest BCUT2D eigenvalue weighted by Crippen LogP contribution is 2.30. The highest BCUT2D eigenvalue weighted by molar-refractivity contribution is 7.14. The molecule has 3 aromatic carbocycles. The number of hydrogen-bond acceptors (Lipinski definition) is 6. The average molecular weight is 499 g/mol. The Kier molecular flexibility index (Phi) is 6.65. The summed E-state index contributed by atoms with van der Waals surface area (Å²) in [5.74, 6) is 0.347. The van der Waals surface area contributed by atoms with Crippen molar-refractivity contribution in [1.82, 2.24) is 15.2 Å². The largest absolute Gasteiger partial charge is 0.330 e. The van der Waals surface area contributed by atoms with Crippen molar-refractivity contribution in [3.63, 3.8) is 0 Å². The van der Waals surface area contributed by atoms with Gasteiger partial charge in [-0.2, -0.15) is 0 Å². The number of carbonyl (C=O) groups is 1. The van der Waals surface area contributed by atoms with Crippen LogP contribution in [0.25, 0.3) is 22.5 Å². The van der Waals surface area contributed by atoms with E-state index in [4.69, 9.17) is 11.6 Å². The minimum absolute atomic E-state index is 0.347. The second-order valence-electron chi connectivity index (χ2n) is 7.46. The Morgan fingerprint density at radius 1 is 0.714 bits per heavy atom. The van der Waals surface area contributed by atoms with Crippen molar-refractivity contribution in [3.8, 4) is 22.5 Å². The quantitative estimate of drug-likeness (QED) is 0.228. The number of carbonyl (C=O) groups excluding carboxylic acids is 1. The van der Waals surface area contributed by atoms with Crippen LogP contribution in [0.5, 0.6) is 0 Å². The number of amides is 2. The molecule has 0 aliphatic rings. The number of rotatable bonds is 6. The first kappa shape index (κ1) is 22.5. The zero-order chi connectivity index (χ0) is 24.0. The monoisotopic (exact) mass is 498 g/mol. The molecule has 5 rings (SSSR count). The van der Waals surface area contributed by atoms with Crippen LogP contribution >= 0.6 is 22.9 Å². The van der Waals surface area contributed by atoms with Gasteiger partial charge in [0.15, 0.2) is 10.9 Å². The van der Waals surface area contributed by atoms with Gasteiger partial charge in [-0.05, 0) is 36.4 Å². The summed E-state index contributed by atoms with van der Waals surface area (Å²) in [4.78, 5) is 17.3. The van der Waals surface area contributed by atoms with Gasteiger partial charge in [-0.3, -0.25) is 5.32 Å². The molecule has 2 aromatic heterocycles. The maximum atomic E-state index is 12.6. The third-order valence-electron chi connectivity index (χ3n) is 5.04. The first-order valence-electron chi connectivity index (χ1n) is 10.7. The number of thiazole rings is 1. The Morgan fingerprint density at radius 2 is 1.43 bits per heavy atom. The van der Waals surface area contributed by atoms with Gasteiger partial charge in [0.25, 0.3) is 0 Å². The molecule has 9 heteroatoms. The summed E-state index contributed by atoms with van der Waals surface area (Å²) in [5.41, 5.74) is 4.82. The van der Waals surface area contributed by atoms with Crippen molar-refractivity contribution < 1.29 is 4.79 Å². The molecule has 0 unspecified atom stereocenters. The van der Waals surface area contributed by atoms with E-state index in [0.717, 1.165) is 22.5 Å². The molecular weight excluding hydrogens is 480 g/mol. The summed E-state index contributed by atoms with van der Waals surface area (Å²) in [6.07, 6.45) is 0. The standard InChI is InChI=1S/C26H19ClN6OS/c27-19-12-10-18(11-13-19)23-16-35-26(30-23)29-22-9-5-4-8-21(22)28-25(34)31-24-15-14-20(32-33-24)17-6-2-1-3-7-17/h1-16H,(H,29,30)(H2,28,31,33,34). The van der Waals surface area contributed by atoms with Gasteiger partial charge in [0.2, 0.25) is 0 Å². The van der Waals surface area contributed by atoms with Gasteiger partial charge in [-0.15, -0.1) is 21.5 Å². The third-order valence-corrected chi connectivity index (χ3v) is 6.05. The molecule has 5 aromatic rings. The van der Waals surface area contributed by atoms with E-state index >= 15 is 0 Å². The lowest BCUT2D eigenvalue weighted by molar-refractivity contribution is 0.262. The summed E-state index contributed by atoms with van der Waals surface area (Å²) >= 11 is 7.45. The van der Waals surface area contributed by atoms with Gasteiger partial charge in [-0.25, -0.2) is 9.78 Å². The number of nitrogens with one attached hydrogen (secondary N) is 3. The van der Waals surface area contributed by atoms with Crippen molar-refractivity contribution in [3.05, 3.63) is 101 Å². The van der Waals surface area contributed by atoms with Gasteiger partial charge in [0.1, 0.15) is 0 Å². The molecule has 0 bridgehead atoms. The normalized spacial score (nSPS) is 10.5. The third kappa shape index (κ3) is 5.63. The van der Waals surface area contributed by atoms with E-state index < -0.39 is 6.03 Å². The Morgan fingerprint density at radius 3 is 2.17 bits per heavy atom. The van der Waals surface area contributed by atoms with Crippen molar-refractivity contribution in [1.29, 1.82) is 0 Å². The molecule has 0 atom stereocenters. The lowest BCUT2D eigenvalue weighted by Crippen LogP contribution is -2.20. The van der Waals surface area contributed by atoms with Gasteiger partial charge < -0.3 is 10.6 Å². The molecule has 7 nitrogen and oxygen atoms in total. The number of halogens is 1. The minimum atomic E-state index is -0.429. The van der Waals surface area contributed by atoms with Crippen LogP contribution in [0.4, 0.5) is 27.1 Å². The van der Waals surface area contributed by atoms with Gasteiger partial charge in [0.05, 0.1) is 22.8 Å². The van der Waals surface area contributed by atoms with Crippen LogP contribution in [0.3, 0.4) is 0 Å². The lowest BCUT2D eigenvalue weighted by atomic mass is 10.1. The SMILES string of the molecule is O=C(Nc1ccc(-c2ccccc2)nn1)Nc1ccccc1Nc1nc(-c2ccc(Cl)cc2)cs1. The molecule has 172 valence electrons. The fourth-order valence-corrected chi connectivity index (χ4v) is 4.19. The Balaban J connectivity index is 1.25. The van der Waals surface area contributed by atoms with Crippen LogP contribution in [0.15, 0.2) is 96.4 Å². The lowest BCUT2D eigenvalue weighted by Gasteiger charge is -2.12. The molecule has 0 aliphatic carbocycles. The number of nitrogens with zero attached hydrogens (tertiary/aromatic N) is 3. The number of benzene rings is 3. The van der Waals surface area contributed by atoms with E-state index in [1.54, 1.807) is 12.1 Å². The number of anilines is 4. The van der Waals surface area contributed by atoms with Gasteiger partial charge in [0, 0.05) is 21.5 Å². The first-order chi connectivity index (χ1) is 17.1. The van der Waals surface area contributed by atoms with Crippen LogP contribution in [0.1, 0.15) is 0 Å². The minimum Gasteiger partial charge on any atom is -0.330 e. The van der Waals surface area contributed by atoms with Crippen LogP contribution in [0, 0.1) is 0 Å². The molecule has 0 aliphatic heterocycles. The summed E-state index contributed by atoms with van der Waals surface area (Å²) in [6.45, 7) is 0. The average Bonchev–Trinajstić information content (AvgIpc) is 3.35. The van der Waals surface area contributed by atoms with Crippen molar-refractivity contribution in [2.75, 3.05) is 16.0 Å². The van der Waals surface area contributed by atoms with E-state index in [-0.39, 0.29) is 0 Å². The van der Waals surface area contributed by atoms with E-state index in [1.807, 2.05) is 84.2 Å². The Hall–Kier alpha value is -4.27. The second-order valence-corrected chi connectivity index (χ2v) is 8.76. The summed E-state index contributed by atoms with van der Waals surface area (Å²) in [6, 6.07) is 27.7. The molecule has 0 radical (unpaired) electrons. The molecule has 0 spiro atoms. The fraction of sp³-hybridized carbons (Fsp3) is 0. The molecule has 3 N–H and O–H groups in total. The van der Waals surface area contributed by atoms with E-state index in [9.17, 15) is 4.79 Å². The van der Waals surface area contributed by atoms with Crippen LogP contribution in [-0.2, 0) is 0 Å². The summed E-state index contributed by atoms with van der Waals surface area (Å²) in [5, 5.41) is 20.5. The smallest absolute Gasteiger partial charge is 0.324 e. The highest BCUT2D eigenvalue weighted by atomic mass is 35.5. The number of para-hydroxylation sites is 2. The van der Waals surface area contributed by atoms with Crippen molar-refractivity contribution in [2.24, 2.45) is 0 Å². The number of aromatic nitrogens is 3. The highest BCUT2D eigenvalue weighted by Gasteiger charge is 2.11. The van der Waals surface area contributed by atoms with Gasteiger partial charge >= 0.3 is 6.03 Å². The summed E-state index contributed by atoms with van der Waals surface area (Å²) in [7, 11) is 0. The second kappa shape index (κ2) is 10.3. The number of urea groups is 1. The van der Waals surface area contributed by atoms with Crippen LogP contribution in [-0.4, -0.2) is 21.2 Å². The van der Waals surface area contributed by atoms with E-state index in [1.165, 1.54) is 11.3 Å². The Labute approximate surface area is 210 Å². The zero-order valence-electron chi connectivity index (χ0n) is 18.3. The zero-order valence-corrected chi connectivity index (χ0v) is 19.8. The predicted molar refractivity (Wildman–Crippen MR) is 142 cm³/mol. The molecule has 0 fully saturated rings. The maximum Gasteiger partial charge on any atom is 0.324 e. The van der Waals surface area contributed by atoms with E-state index in [0.29, 0.717) is 27.3 Å². The first-order valence-corrected chi connectivity index (χ1v) is 11.9. The van der Waals surface area contributed by atoms with Crippen molar-refractivity contribution >= 4 is 51.3 Å². The fourth-order valence-electron chi connectivity index (χ4n) is 3.33. The molecule has 2 amide bonds. The Bertz CT molecular complexity index is 1440. The van der Waals surface area contributed by atoms with Crippen molar-refractivity contribution in [2.45, 2.75) is 0 Å². The molecule has 0 saturated carbocycles. The molecule has 0 saturated heterocycles. The maximum absolute atomic E-state index is 12.6. The van der Waals surface area contributed by atoms with Gasteiger partial charge in [-0.1, -0.05) is 66.2 Å². The summed E-state index contributed by atoms with van der Waals surface area (Å²) < 4.78 is 0. The van der Waals surface area contributed by atoms with E-state index in [2.05, 4.69) is 31.1 Å². The van der Waals surface area contributed by atoms with Crippen LogP contribution in [0.2, 0.25) is 5.02 Å².